The number of nitrogens with one attached hydrogen (secondary N) is 1. The molecule has 1 N–H and O–H groups in total. The molecule has 1 aromatic rings. The summed E-state index contributed by atoms with van der Waals surface area (Å²) in [7, 11) is 2.22. The third-order valence-corrected chi connectivity index (χ3v) is 5.12. The first-order chi connectivity index (χ1) is 8.54. The van der Waals surface area contributed by atoms with Crippen molar-refractivity contribution in [1.82, 2.24) is 10.2 Å². The Hall–Kier alpha value is 0.1000. The van der Waals surface area contributed by atoms with Gasteiger partial charge in [-0.25, -0.2) is 0 Å². The molecular weight excluding hydrogens is 308 g/mol. The van der Waals surface area contributed by atoms with E-state index in [0.29, 0.717) is 12.0 Å². The zero-order valence-corrected chi connectivity index (χ0v) is 14.3. The Labute approximate surface area is 124 Å². The molecule has 0 spiro atoms. The fraction of sp³-hybridized carbons (Fsp3) is 0.714. The summed E-state index contributed by atoms with van der Waals surface area (Å²) in [4.78, 5) is 3.86. The van der Waals surface area contributed by atoms with E-state index in [1.54, 1.807) is 0 Å². The van der Waals surface area contributed by atoms with E-state index in [1.807, 2.05) is 11.3 Å². The van der Waals surface area contributed by atoms with Crippen molar-refractivity contribution in [2.45, 2.75) is 39.8 Å². The molecule has 0 bridgehead atoms. The number of rotatable bonds is 8. The first kappa shape index (κ1) is 16.2. The third kappa shape index (κ3) is 5.39. The molecule has 1 rings (SSSR count). The van der Waals surface area contributed by atoms with Crippen LogP contribution < -0.4 is 5.32 Å². The van der Waals surface area contributed by atoms with Crippen molar-refractivity contribution >= 4 is 27.3 Å². The number of halogens is 1. The van der Waals surface area contributed by atoms with Gasteiger partial charge >= 0.3 is 0 Å². The maximum Gasteiger partial charge on any atom is 0.0328 e. The topological polar surface area (TPSA) is 15.3 Å². The zero-order valence-electron chi connectivity index (χ0n) is 11.9. The number of hydrogen-bond donors (Lipinski definition) is 1. The summed E-state index contributed by atoms with van der Waals surface area (Å²) in [5.41, 5.74) is 0. The standard InChI is InChI=1S/C14H25BrN2S/c1-5-6-16-8-11(2)12(3)17(4)9-14-7-13(15)10-18-14/h7,10-12,16H,5-6,8-9H2,1-4H3. The van der Waals surface area contributed by atoms with Gasteiger partial charge in [0.2, 0.25) is 0 Å². The van der Waals surface area contributed by atoms with Gasteiger partial charge in [-0.1, -0.05) is 13.8 Å². The second-order valence-corrected chi connectivity index (χ2v) is 6.98. The van der Waals surface area contributed by atoms with Crippen LogP contribution in [0.3, 0.4) is 0 Å². The fourth-order valence-corrected chi connectivity index (χ4v) is 3.45. The highest BCUT2D eigenvalue weighted by molar-refractivity contribution is 9.10. The average Bonchev–Trinajstić information content (AvgIpc) is 2.73. The minimum Gasteiger partial charge on any atom is -0.316 e. The molecule has 2 unspecified atom stereocenters. The van der Waals surface area contributed by atoms with Crippen molar-refractivity contribution in [3.8, 4) is 0 Å². The van der Waals surface area contributed by atoms with Gasteiger partial charge in [-0.2, -0.15) is 0 Å². The monoisotopic (exact) mass is 332 g/mol. The van der Waals surface area contributed by atoms with Crippen LogP contribution in [0.15, 0.2) is 15.9 Å². The highest BCUT2D eigenvalue weighted by atomic mass is 79.9. The van der Waals surface area contributed by atoms with E-state index in [1.165, 1.54) is 15.8 Å². The number of thiophene rings is 1. The van der Waals surface area contributed by atoms with Crippen LogP contribution in [0.25, 0.3) is 0 Å². The van der Waals surface area contributed by atoms with Crippen molar-refractivity contribution < 1.29 is 0 Å². The average molecular weight is 333 g/mol. The quantitative estimate of drug-likeness (QED) is 0.724. The maximum absolute atomic E-state index is 3.51. The number of nitrogens with zero attached hydrogens (tertiary/aromatic N) is 1. The molecule has 4 heteroatoms. The lowest BCUT2D eigenvalue weighted by Gasteiger charge is -2.29. The van der Waals surface area contributed by atoms with Crippen molar-refractivity contribution in [1.29, 1.82) is 0 Å². The van der Waals surface area contributed by atoms with Crippen LogP contribution in [0, 0.1) is 5.92 Å². The first-order valence-electron chi connectivity index (χ1n) is 6.68. The first-order valence-corrected chi connectivity index (χ1v) is 8.35. The van der Waals surface area contributed by atoms with Crippen LogP contribution in [-0.4, -0.2) is 31.1 Å². The van der Waals surface area contributed by atoms with Crippen molar-refractivity contribution in [3.05, 3.63) is 20.8 Å². The predicted octanol–water partition coefficient (Wildman–Crippen LogP) is 3.97. The summed E-state index contributed by atoms with van der Waals surface area (Å²) in [6.07, 6.45) is 1.21. The Kier molecular flexibility index (Phi) is 7.46. The molecule has 0 saturated heterocycles. The molecule has 0 amide bonds. The van der Waals surface area contributed by atoms with E-state index in [9.17, 15) is 0 Å². The van der Waals surface area contributed by atoms with Crippen molar-refractivity contribution in [3.63, 3.8) is 0 Å². The summed E-state index contributed by atoms with van der Waals surface area (Å²) in [6, 6.07) is 2.81. The Bertz CT molecular complexity index is 340. The van der Waals surface area contributed by atoms with Crippen LogP contribution in [0.4, 0.5) is 0 Å². The molecule has 104 valence electrons. The summed E-state index contributed by atoms with van der Waals surface area (Å²) >= 11 is 5.34. The molecule has 0 radical (unpaired) electrons. The zero-order chi connectivity index (χ0) is 13.5. The molecule has 1 heterocycles. The Morgan fingerprint density at radius 3 is 2.72 bits per heavy atom. The van der Waals surface area contributed by atoms with E-state index in [2.05, 4.69) is 65.4 Å². The highest BCUT2D eigenvalue weighted by Gasteiger charge is 2.17. The van der Waals surface area contributed by atoms with Crippen molar-refractivity contribution in [2.24, 2.45) is 5.92 Å². The summed E-state index contributed by atoms with van der Waals surface area (Å²) in [5.74, 6) is 0.671. The summed E-state index contributed by atoms with van der Waals surface area (Å²) in [5, 5.41) is 5.66. The van der Waals surface area contributed by atoms with Gasteiger partial charge in [0.15, 0.2) is 0 Å². The predicted molar refractivity (Wildman–Crippen MR) is 85.3 cm³/mol. The molecule has 2 atom stereocenters. The van der Waals surface area contributed by atoms with E-state index >= 15 is 0 Å². The normalized spacial score (nSPS) is 15.0. The highest BCUT2D eigenvalue weighted by Crippen LogP contribution is 2.22. The molecule has 0 aliphatic carbocycles. The van der Waals surface area contributed by atoms with Gasteiger partial charge in [-0.15, -0.1) is 11.3 Å². The van der Waals surface area contributed by atoms with E-state index < -0.39 is 0 Å². The molecular formula is C14H25BrN2S. The van der Waals surface area contributed by atoms with Gasteiger partial charge in [0, 0.05) is 27.3 Å². The van der Waals surface area contributed by atoms with Gasteiger partial charge in [0.25, 0.3) is 0 Å². The molecule has 0 aromatic carbocycles. The van der Waals surface area contributed by atoms with Gasteiger partial charge < -0.3 is 5.32 Å². The Morgan fingerprint density at radius 1 is 1.44 bits per heavy atom. The fourth-order valence-electron chi connectivity index (χ4n) is 1.94. The lowest BCUT2D eigenvalue weighted by atomic mass is 10.0. The smallest absolute Gasteiger partial charge is 0.0328 e. The number of hydrogen-bond acceptors (Lipinski definition) is 3. The van der Waals surface area contributed by atoms with Crippen LogP contribution in [-0.2, 0) is 6.54 Å². The van der Waals surface area contributed by atoms with Crippen LogP contribution >= 0.6 is 27.3 Å². The van der Waals surface area contributed by atoms with Gasteiger partial charge in [0.1, 0.15) is 0 Å². The van der Waals surface area contributed by atoms with E-state index in [-0.39, 0.29) is 0 Å². The minimum atomic E-state index is 0.593. The molecule has 0 aliphatic heterocycles. The van der Waals surface area contributed by atoms with Crippen LogP contribution in [0.5, 0.6) is 0 Å². The third-order valence-electron chi connectivity index (χ3n) is 3.44. The van der Waals surface area contributed by atoms with Crippen LogP contribution in [0.1, 0.15) is 32.1 Å². The molecule has 0 aliphatic rings. The minimum absolute atomic E-state index is 0.593. The molecule has 1 aromatic heterocycles. The van der Waals surface area contributed by atoms with Gasteiger partial charge in [-0.3, -0.25) is 4.90 Å². The van der Waals surface area contributed by atoms with Gasteiger partial charge in [0.05, 0.1) is 0 Å². The van der Waals surface area contributed by atoms with Crippen molar-refractivity contribution in [2.75, 3.05) is 20.1 Å². The van der Waals surface area contributed by atoms with Crippen LogP contribution in [0.2, 0.25) is 0 Å². The molecule has 0 saturated carbocycles. The maximum atomic E-state index is 3.51. The SMILES string of the molecule is CCCNCC(C)C(C)N(C)Cc1cc(Br)cs1. The summed E-state index contributed by atoms with van der Waals surface area (Å²) < 4.78 is 1.20. The summed E-state index contributed by atoms with van der Waals surface area (Å²) in [6.45, 7) is 10.1. The lowest BCUT2D eigenvalue weighted by Crippen LogP contribution is -2.38. The molecule has 18 heavy (non-hydrogen) atoms. The largest absolute Gasteiger partial charge is 0.316 e. The Morgan fingerprint density at radius 2 is 2.17 bits per heavy atom. The second-order valence-electron chi connectivity index (χ2n) is 5.07. The van der Waals surface area contributed by atoms with E-state index in [4.69, 9.17) is 0 Å². The second kappa shape index (κ2) is 8.31. The van der Waals surface area contributed by atoms with E-state index in [0.717, 1.165) is 19.6 Å². The lowest BCUT2D eigenvalue weighted by molar-refractivity contribution is 0.190. The Balaban J connectivity index is 2.37. The van der Waals surface area contributed by atoms with Gasteiger partial charge in [-0.05, 0) is 61.4 Å². The molecule has 2 nitrogen and oxygen atoms in total. The molecule has 0 fully saturated rings.